The van der Waals surface area contributed by atoms with Crippen LogP contribution in [0.5, 0.6) is 0 Å². The second-order valence-corrected chi connectivity index (χ2v) is 5.93. The zero-order valence-electron chi connectivity index (χ0n) is 12.6. The van der Waals surface area contributed by atoms with Crippen molar-refractivity contribution >= 4 is 29.1 Å². The Morgan fingerprint density at radius 3 is 2.91 bits per heavy atom. The number of benzene rings is 1. The summed E-state index contributed by atoms with van der Waals surface area (Å²) in [7, 11) is 0. The number of nitrogens with one attached hydrogen (secondary N) is 1. The van der Waals surface area contributed by atoms with Crippen LogP contribution in [0.4, 0.5) is 5.69 Å². The van der Waals surface area contributed by atoms with Crippen molar-refractivity contribution in [1.82, 2.24) is 4.90 Å². The Bertz CT molecular complexity index is 560. The Hall–Kier alpha value is -1.59. The van der Waals surface area contributed by atoms with Gasteiger partial charge < -0.3 is 15.3 Å². The summed E-state index contributed by atoms with van der Waals surface area (Å²) in [6.45, 7) is 2.37. The van der Waals surface area contributed by atoms with Gasteiger partial charge in [0.15, 0.2) is 0 Å². The average molecular weight is 325 g/mol. The Morgan fingerprint density at radius 2 is 2.18 bits per heavy atom. The molecule has 22 heavy (non-hydrogen) atoms. The maximum Gasteiger partial charge on any atom is 0.313 e. The van der Waals surface area contributed by atoms with E-state index in [1.165, 1.54) is 0 Å². The van der Waals surface area contributed by atoms with Crippen LogP contribution < -0.4 is 5.32 Å². The zero-order chi connectivity index (χ0) is 16.1. The highest BCUT2D eigenvalue weighted by molar-refractivity contribution is 6.40. The molecular weight excluding hydrogens is 304 g/mol. The predicted molar refractivity (Wildman–Crippen MR) is 85.9 cm³/mol. The van der Waals surface area contributed by atoms with Crippen molar-refractivity contribution in [3.63, 3.8) is 0 Å². The summed E-state index contributed by atoms with van der Waals surface area (Å²) in [4.78, 5) is 26.2. The largest absolute Gasteiger partial charge is 0.396 e. The number of carbonyl (C=O) groups excluding carboxylic acids is 2. The summed E-state index contributed by atoms with van der Waals surface area (Å²) in [6.07, 6.45) is 3.24. The Labute approximate surface area is 135 Å². The molecule has 1 unspecified atom stereocenters. The second-order valence-electron chi connectivity index (χ2n) is 5.53. The summed E-state index contributed by atoms with van der Waals surface area (Å²) < 4.78 is 0. The molecule has 2 rings (SSSR count). The molecule has 1 fully saturated rings. The number of anilines is 1. The van der Waals surface area contributed by atoms with Gasteiger partial charge in [-0.25, -0.2) is 0 Å². The Balaban J connectivity index is 2.07. The van der Waals surface area contributed by atoms with Crippen LogP contribution in [0.3, 0.4) is 0 Å². The molecule has 0 aliphatic carbocycles. The van der Waals surface area contributed by atoms with Crippen LogP contribution in [0, 0.1) is 6.92 Å². The highest BCUT2D eigenvalue weighted by Gasteiger charge is 2.30. The van der Waals surface area contributed by atoms with Crippen molar-refractivity contribution in [1.29, 1.82) is 0 Å². The van der Waals surface area contributed by atoms with Gasteiger partial charge in [-0.05, 0) is 50.3 Å². The summed E-state index contributed by atoms with van der Waals surface area (Å²) in [5.41, 5.74) is 1.28. The number of nitrogens with zero attached hydrogens (tertiary/aromatic N) is 1. The Morgan fingerprint density at radius 1 is 1.41 bits per heavy atom. The Kier molecular flexibility index (Phi) is 5.80. The molecule has 1 saturated heterocycles. The first kappa shape index (κ1) is 16.8. The fourth-order valence-electron chi connectivity index (χ4n) is 2.77. The number of hydrogen-bond acceptors (Lipinski definition) is 3. The second kappa shape index (κ2) is 7.61. The maximum atomic E-state index is 12.4. The number of halogens is 1. The van der Waals surface area contributed by atoms with Crippen LogP contribution in [-0.4, -0.2) is 41.0 Å². The van der Waals surface area contributed by atoms with Gasteiger partial charge in [-0.2, -0.15) is 0 Å². The first-order valence-corrected chi connectivity index (χ1v) is 7.90. The smallest absolute Gasteiger partial charge is 0.313 e. The first-order valence-electron chi connectivity index (χ1n) is 7.52. The quantitative estimate of drug-likeness (QED) is 0.839. The van der Waals surface area contributed by atoms with Crippen LogP contribution in [0.2, 0.25) is 5.02 Å². The molecule has 5 nitrogen and oxygen atoms in total. The van der Waals surface area contributed by atoms with Crippen molar-refractivity contribution in [2.45, 2.75) is 38.6 Å². The first-order chi connectivity index (χ1) is 10.5. The van der Waals surface area contributed by atoms with Crippen molar-refractivity contribution < 1.29 is 14.7 Å². The van der Waals surface area contributed by atoms with E-state index < -0.39 is 11.8 Å². The highest BCUT2D eigenvalue weighted by Crippen LogP contribution is 2.24. The number of amides is 2. The normalized spacial score (nSPS) is 18.1. The minimum absolute atomic E-state index is 0.0173. The number of aliphatic hydroxyl groups excluding tert-OH is 1. The monoisotopic (exact) mass is 324 g/mol. The molecule has 0 spiro atoms. The number of likely N-dealkylation sites (tertiary alicyclic amines) is 1. The fraction of sp³-hybridized carbons (Fsp3) is 0.500. The van der Waals surface area contributed by atoms with Gasteiger partial charge in [-0.15, -0.1) is 0 Å². The van der Waals surface area contributed by atoms with E-state index in [4.69, 9.17) is 16.7 Å². The predicted octanol–water partition coefficient (Wildman–Crippen LogP) is 2.35. The van der Waals surface area contributed by atoms with E-state index in [0.717, 1.165) is 24.8 Å². The lowest BCUT2D eigenvalue weighted by Crippen LogP contribution is -2.48. The van der Waals surface area contributed by atoms with Crippen LogP contribution in [0.1, 0.15) is 31.2 Å². The van der Waals surface area contributed by atoms with Gasteiger partial charge in [-0.1, -0.05) is 17.7 Å². The molecule has 2 N–H and O–H groups in total. The highest BCUT2D eigenvalue weighted by atomic mass is 35.5. The van der Waals surface area contributed by atoms with Crippen LogP contribution in [-0.2, 0) is 9.59 Å². The van der Waals surface area contributed by atoms with Gasteiger partial charge in [-0.3, -0.25) is 9.59 Å². The molecule has 0 aromatic heterocycles. The van der Waals surface area contributed by atoms with Crippen LogP contribution in [0.25, 0.3) is 0 Å². The third-order valence-electron chi connectivity index (χ3n) is 4.06. The van der Waals surface area contributed by atoms with E-state index in [-0.39, 0.29) is 12.6 Å². The van der Waals surface area contributed by atoms with E-state index >= 15 is 0 Å². The van der Waals surface area contributed by atoms with Crippen molar-refractivity contribution in [3.8, 4) is 0 Å². The summed E-state index contributed by atoms with van der Waals surface area (Å²) in [5, 5.41) is 12.3. The third kappa shape index (κ3) is 3.78. The number of aliphatic hydroxyl groups is 1. The minimum Gasteiger partial charge on any atom is -0.396 e. The molecule has 0 bridgehead atoms. The van der Waals surface area contributed by atoms with Gasteiger partial charge in [0.05, 0.1) is 0 Å². The molecule has 1 aliphatic rings. The molecular formula is C16H21ClN2O3. The van der Waals surface area contributed by atoms with E-state index in [0.29, 0.717) is 23.7 Å². The van der Waals surface area contributed by atoms with Crippen molar-refractivity contribution in [2.24, 2.45) is 0 Å². The SMILES string of the molecule is Cc1c(Cl)cccc1NC(=O)C(=O)N1CCCCC1CCO. The summed E-state index contributed by atoms with van der Waals surface area (Å²) in [5.74, 6) is -1.20. The molecule has 1 atom stereocenters. The van der Waals surface area contributed by atoms with Crippen molar-refractivity contribution in [2.75, 3.05) is 18.5 Å². The molecule has 1 aliphatic heterocycles. The van der Waals surface area contributed by atoms with E-state index in [9.17, 15) is 9.59 Å². The molecule has 1 aromatic carbocycles. The van der Waals surface area contributed by atoms with E-state index in [1.807, 2.05) is 0 Å². The van der Waals surface area contributed by atoms with Gasteiger partial charge in [0.1, 0.15) is 0 Å². The third-order valence-corrected chi connectivity index (χ3v) is 4.47. The number of carbonyl (C=O) groups is 2. The van der Waals surface area contributed by atoms with Crippen molar-refractivity contribution in [3.05, 3.63) is 28.8 Å². The molecule has 120 valence electrons. The lowest BCUT2D eigenvalue weighted by atomic mass is 9.99. The topological polar surface area (TPSA) is 69.6 Å². The number of rotatable bonds is 3. The molecule has 0 radical (unpaired) electrons. The maximum absolute atomic E-state index is 12.4. The van der Waals surface area contributed by atoms with Gasteiger partial charge in [0, 0.05) is 29.9 Å². The molecule has 0 saturated carbocycles. The summed E-state index contributed by atoms with van der Waals surface area (Å²) >= 11 is 6.02. The number of hydrogen-bond donors (Lipinski definition) is 2. The minimum atomic E-state index is -0.657. The summed E-state index contributed by atoms with van der Waals surface area (Å²) in [6, 6.07) is 5.12. The van der Waals surface area contributed by atoms with Crippen LogP contribution >= 0.6 is 11.6 Å². The molecule has 2 amide bonds. The number of piperidine rings is 1. The lowest BCUT2D eigenvalue weighted by Gasteiger charge is -2.35. The average Bonchev–Trinajstić information content (AvgIpc) is 2.52. The zero-order valence-corrected chi connectivity index (χ0v) is 13.4. The fourth-order valence-corrected chi connectivity index (χ4v) is 2.94. The van der Waals surface area contributed by atoms with Gasteiger partial charge in [0.25, 0.3) is 0 Å². The van der Waals surface area contributed by atoms with E-state index in [2.05, 4.69) is 5.32 Å². The van der Waals surface area contributed by atoms with Crippen LogP contribution in [0.15, 0.2) is 18.2 Å². The molecule has 1 heterocycles. The molecule has 6 heteroatoms. The standard InChI is InChI=1S/C16H21ClN2O3/c1-11-13(17)6-4-7-14(11)18-15(21)16(22)19-9-3-2-5-12(19)8-10-20/h4,6-7,12,20H,2-3,5,8-10H2,1H3,(H,18,21). The van der Waals surface area contributed by atoms with Gasteiger partial charge >= 0.3 is 11.8 Å². The van der Waals surface area contributed by atoms with E-state index in [1.54, 1.807) is 30.0 Å². The lowest BCUT2D eigenvalue weighted by molar-refractivity contribution is -0.146. The molecule has 1 aromatic rings. The van der Waals surface area contributed by atoms with Gasteiger partial charge in [0.2, 0.25) is 0 Å².